The van der Waals surface area contributed by atoms with Gasteiger partial charge in [0.25, 0.3) is 0 Å². The van der Waals surface area contributed by atoms with Crippen LogP contribution in [0.1, 0.15) is 43.7 Å². The summed E-state index contributed by atoms with van der Waals surface area (Å²) in [7, 11) is 1.62. The molecule has 2 rings (SSSR count). The van der Waals surface area contributed by atoms with Gasteiger partial charge in [-0.1, -0.05) is 32.9 Å². The van der Waals surface area contributed by atoms with Gasteiger partial charge in [-0.15, -0.1) is 0 Å². The monoisotopic (exact) mass is 303 g/mol. The molecule has 1 unspecified atom stereocenters. The molecule has 0 spiro atoms. The maximum absolute atomic E-state index is 10.3. The minimum atomic E-state index is -0.569. The Balaban J connectivity index is 1.92. The van der Waals surface area contributed by atoms with E-state index in [-0.39, 0.29) is 5.41 Å². The first-order valence-electron chi connectivity index (χ1n) is 7.47. The van der Waals surface area contributed by atoms with Crippen LogP contribution in [0.25, 0.3) is 0 Å². The summed E-state index contributed by atoms with van der Waals surface area (Å²) in [6, 6.07) is 7.49. The largest absolute Gasteiger partial charge is 0.497 e. The van der Waals surface area contributed by atoms with Crippen LogP contribution in [-0.4, -0.2) is 29.0 Å². The standard InChI is InChI=1S/C17H25N3O2/c1-17(2,3)16-13(10-19-20-16)9-18-11-15(21)12-6-5-7-14(8-12)22-4/h5-8,10,15,18,21H,9,11H2,1-4H3,(H,19,20). The Morgan fingerprint density at radius 2 is 2.14 bits per heavy atom. The summed E-state index contributed by atoms with van der Waals surface area (Å²) in [5.41, 5.74) is 3.12. The van der Waals surface area contributed by atoms with Gasteiger partial charge in [-0.05, 0) is 17.7 Å². The molecular formula is C17H25N3O2. The molecule has 1 aromatic heterocycles. The van der Waals surface area contributed by atoms with Gasteiger partial charge in [0, 0.05) is 29.8 Å². The lowest BCUT2D eigenvalue weighted by Crippen LogP contribution is -2.23. The molecule has 0 aliphatic heterocycles. The Kier molecular flexibility index (Phi) is 5.21. The van der Waals surface area contributed by atoms with Crippen LogP contribution >= 0.6 is 0 Å². The van der Waals surface area contributed by atoms with Crippen molar-refractivity contribution in [2.24, 2.45) is 0 Å². The van der Waals surface area contributed by atoms with Crippen LogP contribution in [0.2, 0.25) is 0 Å². The van der Waals surface area contributed by atoms with Crippen molar-refractivity contribution in [3.05, 3.63) is 47.3 Å². The van der Waals surface area contributed by atoms with Gasteiger partial charge in [0.15, 0.2) is 0 Å². The van der Waals surface area contributed by atoms with Crippen LogP contribution in [0.4, 0.5) is 0 Å². The number of aromatic nitrogens is 2. The number of methoxy groups -OCH3 is 1. The molecule has 0 saturated heterocycles. The van der Waals surface area contributed by atoms with Crippen molar-refractivity contribution in [3.8, 4) is 5.75 Å². The summed E-state index contributed by atoms with van der Waals surface area (Å²) in [6.45, 7) is 7.59. The summed E-state index contributed by atoms with van der Waals surface area (Å²) in [6.07, 6.45) is 1.27. The molecule has 0 aliphatic carbocycles. The predicted octanol–water partition coefficient (Wildman–Crippen LogP) is 2.54. The van der Waals surface area contributed by atoms with Gasteiger partial charge in [0.2, 0.25) is 0 Å². The van der Waals surface area contributed by atoms with E-state index in [0.29, 0.717) is 13.1 Å². The number of nitrogens with one attached hydrogen (secondary N) is 2. The summed E-state index contributed by atoms with van der Waals surface area (Å²) in [4.78, 5) is 0. The Hall–Kier alpha value is -1.85. The van der Waals surface area contributed by atoms with E-state index < -0.39 is 6.10 Å². The highest BCUT2D eigenvalue weighted by atomic mass is 16.5. The highest BCUT2D eigenvalue weighted by molar-refractivity contribution is 5.30. The molecule has 0 fully saturated rings. The quantitative estimate of drug-likeness (QED) is 0.767. The fraction of sp³-hybridized carbons (Fsp3) is 0.471. The number of nitrogens with zero attached hydrogens (tertiary/aromatic N) is 1. The van der Waals surface area contributed by atoms with Crippen molar-refractivity contribution < 1.29 is 9.84 Å². The summed E-state index contributed by atoms with van der Waals surface area (Å²) in [5.74, 6) is 0.751. The lowest BCUT2D eigenvalue weighted by molar-refractivity contribution is 0.174. The highest BCUT2D eigenvalue weighted by Crippen LogP contribution is 2.23. The first-order chi connectivity index (χ1) is 10.4. The van der Waals surface area contributed by atoms with Crippen molar-refractivity contribution in [1.82, 2.24) is 15.5 Å². The van der Waals surface area contributed by atoms with Gasteiger partial charge in [-0.3, -0.25) is 5.10 Å². The second-order valence-corrected chi connectivity index (χ2v) is 6.44. The number of ether oxygens (including phenoxy) is 1. The zero-order chi connectivity index (χ0) is 16.2. The van der Waals surface area contributed by atoms with Crippen molar-refractivity contribution in [2.75, 3.05) is 13.7 Å². The van der Waals surface area contributed by atoms with Gasteiger partial charge in [0.05, 0.1) is 19.4 Å². The van der Waals surface area contributed by atoms with Crippen molar-refractivity contribution >= 4 is 0 Å². The van der Waals surface area contributed by atoms with Crippen LogP contribution in [0.3, 0.4) is 0 Å². The average Bonchev–Trinajstić information content (AvgIpc) is 2.96. The topological polar surface area (TPSA) is 70.2 Å². The Bertz CT molecular complexity index is 602. The lowest BCUT2D eigenvalue weighted by atomic mass is 9.89. The van der Waals surface area contributed by atoms with Gasteiger partial charge in [0.1, 0.15) is 5.75 Å². The fourth-order valence-corrected chi connectivity index (χ4v) is 2.40. The van der Waals surface area contributed by atoms with Gasteiger partial charge >= 0.3 is 0 Å². The molecule has 0 bridgehead atoms. The summed E-state index contributed by atoms with van der Waals surface area (Å²) < 4.78 is 5.18. The number of benzene rings is 1. The minimum Gasteiger partial charge on any atom is -0.497 e. The molecule has 5 heteroatoms. The van der Waals surface area contributed by atoms with Crippen molar-refractivity contribution in [2.45, 2.75) is 38.8 Å². The molecule has 1 atom stereocenters. The maximum Gasteiger partial charge on any atom is 0.119 e. The second-order valence-electron chi connectivity index (χ2n) is 6.44. The molecule has 1 aromatic carbocycles. The van der Waals surface area contributed by atoms with Crippen LogP contribution in [0.15, 0.2) is 30.5 Å². The normalized spacial score (nSPS) is 13.1. The van der Waals surface area contributed by atoms with Crippen molar-refractivity contribution in [3.63, 3.8) is 0 Å². The van der Waals surface area contributed by atoms with E-state index in [0.717, 1.165) is 22.6 Å². The second kappa shape index (κ2) is 6.94. The molecule has 0 aliphatic rings. The molecule has 0 saturated carbocycles. The molecule has 120 valence electrons. The molecule has 2 aromatic rings. The van der Waals surface area contributed by atoms with Crippen LogP contribution in [-0.2, 0) is 12.0 Å². The Labute approximate surface area is 131 Å². The first-order valence-corrected chi connectivity index (χ1v) is 7.47. The summed E-state index contributed by atoms with van der Waals surface area (Å²) in [5, 5.41) is 20.7. The molecule has 3 N–H and O–H groups in total. The van der Waals surface area contributed by atoms with E-state index in [1.54, 1.807) is 7.11 Å². The number of H-pyrrole nitrogens is 1. The molecular weight excluding hydrogens is 278 g/mol. The Morgan fingerprint density at radius 1 is 1.36 bits per heavy atom. The van der Waals surface area contributed by atoms with E-state index in [9.17, 15) is 5.11 Å². The van der Waals surface area contributed by atoms with E-state index in [1.807, 2.05) is 30.5 Å². The predicted molar refractivity (Wildman–Crippen MR) is 86.9 cm³/mol. The molecule has 0 radical (unpaired) electrons. The third kappa shape index (κ3) is 4.08. The number of hydrogen-bond donors (Lipinski definition) is 3. The molecule has 0 amide bonds. The average molecular weight is 303 g/mol. The van der Waals surface area contributed by atoms with Gasteiger partial charge < -0.3 is 15.2 Å². The van der Waals surface area contributed by atoms with Gasteiger partial charge in [-0.2, -0.15) is 5.10 Å². The molecule has 5 nitrogen and oxygen atoms in total. The van der Waals surface area contributed by atoms with Crippen LogP contribution < -0.4 is 10.1 Å². The van der Waals surface area contributed by atoms with E-state index in [1.165, 1.54) is 0 Å². The number of aromatic amines is 1. The maximum atomic E-state index is 10.3. The van der Waals surface area contributed by atoms with Crippen molar-refractivity contribution in [1.29, 1.82) is 0 Å². The highest BCUT2D eigenvalue weighted by Gasteiger charge is 2.19. The van der Waals surface area contributed by atoms with E-state index in [2.05, 4.69) is 36.3 Å². The third-order valence-corrected chi connectivity index (χ3v) is 3.60. The SMILES string of the molecule is COc1cccc(C(O)CNCc2cn[nH]c2C(C)(C)C)c1. The van der Waals surface area contributed by atoms with Gasteiger partial charge in [-0.25, -0.2) is 0 Å². The lowest BCUT2D eigenvalue weighted by Gasteiger charge is -2.19. The number of rotatable bonds is 6. The fourth-order valence-electron chi connectivity index (χ4n) is 2.40. The number of hydrogen-bond acceptors (Lipinski definition) is 4. The smallest absolute Gasteiger partial charge is 0.119 e. The Morgan fingerprint density at radius 3 is 2.82 bits per heavy atom. The third-order valence-electron chi connectivity index (χ3n) is 3.60. The minimum absolute atomic E-state index is 0.0267. The molecule has 22 heavy (non-hydrogen) atoms. The van der Waals surface area contributed by atoms with Crippen LogP contribution in [0.5, 0.6) is 5.75 Å². The number of aliphatic hydroxyl groups is 1. The first kappa shape index (κ1) is 16.5. The number of aliphatic hydroxyl groups excluding tert-OH is 1. The zero-order valence-electron chi connectivity index (χ0n) is 13.7. The van der Waals surface area contributed by atoms with E-state index >= 15 is 0 Å². The zero-order valence-corrected chi connectivity index (χ0v) is 13.7. The van der Waals surface area contributed by atoms with Crippen LogP contribution in [0, 0.1) is 0 Å². The van der Waals surface area contributed by atoms with E-state index in [4.69, 9.17) is 4.74 Å². The summed E-state index contributed by atoms with van der Waals surface area (Å²) >= 11 is 0. The molecule has 1 heterocycles.